The molecule has 0 aliphatic carbocycles. The molecule has 1 N–H and O–H groups in total. The summed E-state index contributed by atoms with van der Waals surface area (Å²) in [5, 5.41) is 3.17. The van der Waals surface area contributed by atoms with Crippen molar-refractivity contribution in [1.29, 1.82) is 0 Å². The molecule has 0 unspecified atom stereocenters. The van der Waals surface area contributed by atoms with E-state index in [-0.39, 0.29) is 12.1 Å². The highest BCUT2D eigenvalue weighted by atomic mass is 31.2. The highest BCUT2D eigenvalue weighted by Crippen LogP contribution is 2.48. The molecule has 0 aromatic heterocycles. The number of amides is 2. The summed E-state index contributed by atoms with van der Waals surface area (Å²) in [6, 6.07) is 10.2. The Hall–Kier alpha value is -1.40. The molecule has 1 aromatic carbocycles. The lowest BCUT2D eigenvalue weighted by Crippen LogP contribution is -2.49. The van der Waals surface area contributed by atoms with Crippen LogP contribution in [0.5, 0.6) is 0 Å². The lowest BCUT2D eigenvalue weighted by atomic mass is 10.0. The van der Waals surface area contributed by atoms with Crippen LogP contribution in [-0.2, 0) is 24.8 Å². The minimum atomic E-state index is -3.05. The molecule has 0 spiro atoms. The van der Waals surface area contributed by atoms with Crippen molar-refractivity contribution in [2.45, 2.75) is 45.6 Å². The number of benzene rings is 1. The highest BCUT2D eigenvalue weighted by molar-refractivity contribution is 7.53. The molecule has 1 aliphatic rings. The van der Waals surface area contributed by atoms with Gasteiger partial charge in [-0.25, -0.2) is 4.79 Å². The minimum absolute atomic E-state index is 0.00209. The van der Waals surface area contributed by atoms with Gasteiger partial charge in [0.1, 0.15) is 0 Å². The number of carbonyl (C=O) groups excluding carboxylic acids is 1. The van der Waals surface area contributed by atoms with E-state index in [0.717, 1.165) is 19.3 Å². The Balaban J connectivity index is 1.91. The molecule has 1 atom stereocenters. The summed E-state index contributed by atoms with van der Waals surface area (Å²) in [6.45, 7) is 6.74. The van der Waals surface area contributed by atoms with Crippen LogP contribution >= 0.6 is 7.60 Å². The summed E-state index contributed by atoms with van der Waals surface area (Å²) in [5.74, 6) is 0. The second-order valence-electron chi connectivity index (χ2n) is 7.08. The normalized spacial score (nSPS) is 15.9. The molecule has 1 saturated heterocycles. The molecule has 1 aliphatic heterocycles. The minimum Gasteiger partial charge on any atom is -0.378 e. The van der Waals surface area contributed by atoms with Gasteiger partial charge in [0.2, 0.25) is 0 Å². The number of hydrogen-bond acceptors (Lipinski definition) is 5. The Labute approximate surface area is 174 Å². The average molecular weight is 426 g/mol. The number of ether oxygens (including phenoxy) is 1. The van der Waals surface area contributed by atoms with Crippen LogP contribution in [-0.4, -0.2) is 62.7 Å². The second kappa shape index (κ2) is 13.0. The van der Waals surface area contributed by atoms with Crippen LogP contribution in [0, 0.1) is 0 Å². The quantitative estimate of drug-likeness (QED) is 0.510. The summed E-state index contributed by atoms with van der Waals surface area (Å²) < 4.78 is 28.8. The monoisotopic (exact) mass is 426 g/mol. The first-order valence-electron chi connectivity index (χ1n) is 10.6. The summed E-state index contributed by atoms with van der Waals surface area (Å²) in [5.41, 5.74) is 1.24. The van der Waals surface area contributed by atoms with Crippen molar-refractivity contribution in [1.82, 2.24) is 10.2 Å². The van der Waals surface area contributed by atoms with E-state index >= 15 is 0 Å². The molecular formula is C21H35N2O5P. The van der Waals surface area contributed by atoms with Gasteiger partial charge in [0, 0.05) is 19.1 Å². The molecule has 2 rings (SSSR count). The van der Waals surface area contributed by atoms with E-state index in [1.165, 1.54) is 5.56 Å². The van der Waals surface area contributed by atoms with Gasteiger partial charge < -0.3 is 24.0 Å². The van der Waals surface area contributed by atoms with Gasteiger partial charge in [0.25, 0.3) is 0 Å². The van der Waals surface area contributed by atoms with Crippen molar-refractivity contribution >= 4 is 13.6 Å². The predicted molar refractivity (Wildman–Crippen MR) is 114 cm³/mol. The standard InChI is InChI=1S/C21H35N2O5P/c1-3-27-29(25,28-4-2)18-8-11-20(13-12-19-9-6-5-7-10-19)22-21(24)23-14-16-26-17-15-23/h5-7,9-10,20H,3-4,8,11-18H2,1-2H3,(H,22,24)/t20-/m1/s1. The number of nitrogens with one attached hydrogen (secondary N) is 1. The Morgan fingerprint density at radius 3 is 2.41 bits per heavy atom. The zero-order valence-electron chi connectivity index (χ0n) is 17.7. The van der Waals surface area contributed by atoms with Gasteiger partial charge in [0.05, 0.1) is 32.6 Å². The molecule has 1 heterocycles. The molecule has 2 amide bonds. The van der Waals surface area contributed by atoms with Crippen molar-refractivity contribution in [3.63, 3.8) is 0 Å². The third kappa shape index (κ3) is 8.87. The maximum absolute atomic E-state index is 12.7. The third-order valence-electron chi connectivity index (χ3n) is 4.89. The zero-order valence-corrected chi connectivity index (χ0v) is 18.6. The third-order valence-corrected chi connectivity index (χ3v) is 7.05. The highest BCUT2D eigenvalue weighted by Gasteiger charge is 2.25. The Morgan fingerprint density at radius 1 is 1.14 bits per heavy atom. The van der Waals surface area contributed by atoms with Gasteiger partial charge >= 0.3 is 13.6 Å². The predicted octanol–water partition coefficient (Wildman–Crippen LogP) is 4.08. The lowest BCUT2D eigenvalue weighted by molar-refractivity contribution is 0.0523. The smallest absolute Gasteiger partial charge is 0.330 e. The lowest BCUT2D eigenvalue weighted by Gasteiger charge is -2.29. The summed E-state index contributed by atoms with van der Waals surface area (Å²) in [6.07, 6.45) is 3.47. The molecule has 0 saturated carbocycles. The van der Waals surface area contributed by atoms with Crippen molar-refractivity contribution in [3.8, 4) is 0 Å². The molecule has 7 nitrogen and oxygen atoms in total. The van der Waals surface area contributed by atoms with Gasteiger partial charge in [-0.05, 0) is 45.1 Å². The molecule has 1 aromatic rings. The molecule has 0 bridgehead atoms. The van der Waals surface area contributed by atoms with Crippen LogP contribution in [0.3, 0.4) is 0 Å². The summed E-state index contributed by atoms with van der Waals surface area (Å²) in [7, 11) is -3.05. The van der Waals surface area contributed by atoms with Crippen molar-refractivity contribution in [3.05, 3.63) is 35.9 Å². The second-order valence-corrected chi connectivity index (χ2v) is 9.27. The Morgan fingerprint density at radius 2 is 1.79 bits per heavy atom. The van der Waals surface area contributed by atoms with Crippen LogP contribution in [0.1, 0.15) is 38.7 Å². The summed E-state index contributed by atoms with van der Waals surface area (Å²) >= 11 is 0. The number of nitrogens with zero attached hydrogens (tertiary/aromatic N) is 1. The number of aryl methyl sites for hydroxylation is 1. The van der Waals surface area contributed by atoms with E-state index in [1.807, 2.05) is 32.0 Å². The Kier molecular flexibility index (Phi) is 10.7. The van der Waals surface area contributed by atoms with Crippen LogP contribution in [0.25, 0.3) is 0 Å². The van der Waals surface area contributed by atoms with E-state index in [4.69, 9.17) is 13.8 Å². The first kappa shape index (κ1) is 23.9. The van der Waals surface area contributed by atoms with Gasteiger partial charge in [-0.15, -0.1) is 0 Å². The molecule has 8 heteroatoms. The maximum Gasteiger partial charge on any atom is 0.330 e. The number of urea groups is 1. The number of rotatable bonds is 12. The van der Waals surface area contributed by atoms with E-state index in [1.54, 1.807) is 4.90 Å². The van der Waals surface area contributed by atoms with Crippen molar-refractivity contribution < 1.29 is 23.1 Å². The van der Waals surface area contributed by atoms with Crippen LogP contribution in [0.2, 0.25) is 0 Å². The van der Waals surface area contributed by atoms with Gasteiger partial charge in [-0.1, -0.05) is 30.3 Å². The van der Waals surface area contributed by atoms with E-state index in [0.29, 0.717) is 52.1 Å². The average Bonchev–Trinajstić information content (AvgIpc) is 2.73. The van der Waals surface area contributed by atoms with Crippen molar-refractivity contribution in [2.24, 2.45) is 0 Å². The summed E-state index contributed by atoms with van der Waals surface area (Å²) in [4.78, 5) is 14.4. The fourth-order valence-corrected chi connectivity index (χ4v) is 5.09. The largest absolute Gasteiger partial charge is 0.378 e. The SMILES string of the molecule is CCOP(=O)(CCC[C@H](CCc1ccccc1)NC(=O)N1CCOCC1)OCC. The molecule has 1 fully saturated rings. The molecular weight excluding hydrogens is 391 g/mol. The Bertz CT molecular complexity index is 627. The van der Waals surface area contributed by atoms with Crippen LogP contribution in [0.15, 0.2) is 30.3 Å². The fraction of sp³-hybridized carbons (Fsp3) is 0.667. The van der Waals surface area contributed by atoms with Gasteiger partial charge in [0.15, 0.2) is 0 Å². The molecule has 0 radical (unpaired) electrons. The topological polar surface area (TPSA) is 77.1 Å². The zero-order chi connectivity index (χ0) is 21.0. The van der Waals surface area contributed by atoms with Crippen molar-refractivity contribution in [2.75, 3.05) is 45.7 Å². The van der Waals surface area contributed by atoms with E-state index in [9.17, 15) is 9.36 Å². The first-order valence-corrected chi connectivity index (χ1v) is 12.3. The first-order chi connectivity index (χ1) is 14.1. The van der Waals surface area contributed by atoms with Crippen LogP contribution in [0.4, 0.5) is 4.79 Å². The number of hydrogen-bond donors (Lipinski definition) is 1. The van der Waals surface area contributed by atoms with E-state index < -0.39 is 7.60 Å². The molecule has 29 heavy (non-hydrogen) atoms. The number of carbonyl (C=O) groups is 1. The van der Waals surface area contributed by atoms with E-state index in [2.05, 4.69) is 17.4 Å². The molecule has 164 valence electrons. The number of morpholine rings is 1. The van der Waals surface area contributed by atoms with Gasteiger partial charge in [-0.2, -0.15) is 0 Å². The van der Waals surface area contributed by atoms with Gasteiger partial charge in [-0.3, -0.25) is 4.57 Å². The van der Waals surface area contributed by atoms with Crippen LogP contribution < -0.4 is 5.32 Å². The maximum atomic E-state index is 12.7. The fourth-order valence-electron chi connectivity index (χ4n) is 3.40.